The third-order valence-electron chi connectivity index (χ3n) is 1.79. The van der Waals surface area contributed by atoms with Crippen molar-refractivity contribution < 1.29 is 9.53 Å². The smallest absolute Gasteiger partial charge is 0.338 e. The summed E-state index contributed by atoms with van der Waals surface area (Å²) in [6, 6.07) is 3.52. The van der Waals surface area contributed by atoms with Crippen molar-refractivity contribution in [2.75, 3.05) is 6.61 Å². The van der Waals surface area contributed by atoms with Crippen molar-refractivity contribution in [2.45, 2.75) is 12.8 Å². The number of alkyl halides is 1. The molecule has 0 aliphatic carbocycles. The molecule has 1 rings (SSSR count). The van der Waals surface area contributed by atoms with Crippen molar-refractivity contribution in [2.24, 2.45) is 0 Å². The van der Waals surface area contributed by atoms with E-state index in [4.69, 9.17) is 16.3 Å². The van der Waals surface area contributed by atoms with Crippen LogP contribution in [-0.2, 0) is 10.6 Å². The van der Waals surface area contributed by atoms with E-state index in [1.807, 2.05) is 6.07 Å². The van der Waals surface area contributed by atoms with Crippen molar-refractivity contribution in [1.82, 2.24) is 0 Å². The molecule has 0 heterocycles. The monoisotopic (exact) mass is 354 g/mol. The lowest BCUT2D eigenvalue weighted by molar-refractivity contribution is 0.0525. The van der Waals surface area contributed by atoms with Crippen LogP contribution >= 0.6 is 43.5 Å². The highest BCUT2D eigenvalue weighted by atomic mass is 79.9. The predicted octanol–water partition coefficient (Wildman–Crippen LogP) is 4.13. The molecule has 0 radical (unpaired) electrons. The van der Waals surface area contributed by atoms with E-state index in [0.717, 1.165) is 14.5 Å². The van der Waals surface area contributed by atoms with E-state index in [1.54, 1.807) is 13.0 Å². The van der Waals surface area contributed by atoms with Crippen LogP contribution in [0.25, 0.3) is 0 Å². The summed E-state index contributed by atoms with van der Waals surface area (Å²) < 4.78 is 6.60. The highest BCUT2D eigenvalue weighted by Gasteiger charge is 2.14. The highest BCUT2D eigenvalue weighted by Crippen LogP contribution is 2.28. The molecule has 0 aliphatic heterocycles. The van der Waals surface area contributed by atoms with E-state index < -0.39 is 0 Å². The van der Waals surface area contributed by atoms with Crippen molar-refractivity contribution >= 4 is 49.4 Å². The molecule has 1 aromatic carbocycles. The Bertz CT molecular complexity index is 380. The Kier molecular flexibility index (Phi) is 5.09. The number of rotatable bonds is 3. The summed E-state index contributed by atoms with van der Waals surface area (Å²) in [5.41, 5.74) is 1.26. The van der Waals surface area contributed by atoms with Crippen LogP contribution in [0.1, 0.15) is 22.8 Å². The van der Waals surface area contributed by atoms with Gasteiger partial charge in [0.25, 0.3) is 0 Å². The molecule has 2 nitrogen and oxygen atoms in total. The molecule has 0 aliphatic rings. The summed E-state index contributed by atoms with van der Waals surface area (Å²) in [4.78, 5) is 11.6. The zero-order valence-electron chi connectivity index (χ0n) is 8.02. The Morgan fingerprint density at radius 2 is 2.00 bits per heavy atom. The Labute approximate surface area is 110 Å². The second kappa shape index (κ2) is 5.87. The number of ether oxygens (including phenoxy) is 1. The fourth-order valence-electron chi connectivity index (χ4n) is 1.10. The van der Waals surface area contributed by atoms with Crippen LogP contribution in [0.5, 0.6) is 0 Å². The van der Waals surface area contributed by atoms with Gasteiger partial charge in [0.2, 0.25) is 0 Å². The van der Waals surface area contributed by atoms with E-state index >= 15 is 0 Å². The second-order valence-electron chi connectivity index (χ2n) is 2.78. The first-order valence-corrected chi connectivity index (χ1v) is 6.43. The van der Waals surface area contributed by atoms with Gasteiger partial charge < -0.3 is 4.74 Å². The molecule has 0 unspecified atom stereocenters. The lowest BCUT2D eigenvalue weighted by Crippen LogP contribution is -2.07. The van der Waals surface area contributed by atoms with Gasteiger partial charge in [-0.15, -0.1) is 11.6 Å². The number of hydrogen-bond donors (Lipinski definition) is 0. The predicted molar refractivity (Wildman–Crippen MR) is 67.4 cm³/mol. The van der Waals surface area contributed by atoms with Crippen molar-refractivity contribution in [3.05, 3.63) is 32.2 Å². The topological polar surface area (TPSA) is 26.3 Å². The molecule has 0 saturated carbocycles. The number of carbonyl (C=O) groups excluding carboxylic acids is 1. The number of halogens is 3. The van der Waals surface area contributed by atoms with Gasteiger partial charge in [-0.05, 0) is 56.5 Å². The Balaban J connectivity index is 3.15. The SMILES string of the molecule is CCOC(=O)c1cc(Br)c(Br)cc1CCl. The molecule has 0 aromatic heterocycles. The molecular formula is C10H9Br2ClO2. The maximum absolute atomic E-state index is 11.6. The van der Waals surface area contributed by atoms with Gasteiger partial charge in [0.05, 0.1) is 12.2 Å². The average molecular weight is 356 g/mol. The first kappa shape index (κ1) is 13.0. The zero-order valence-corrected chi connectivity index (χ0v) is 11.9. The Morgan fingerprint density at radius 1 is 1.40 bits per heavy atom. The van der Waals surface area contributed by atoms with Crippen molar-refractivity contribution in [3.8, 4) is 0 Å². The summed E-state index contributed by atoms with van der Waals surface area (Å²) in [6.07, 6.45) is 0. The van der Waals surface area contributed by atoms with E-state index in [-0.39, 0.29) is 11.8 Å². The van der Waals surface area contributed by atoms with Gasteiger partial charge in [0.1, 0.15) is 0 Å². The molecule has 0 amide bonds. The minimum atomic E-state index is -0.346. The summed E-state index contributed by atoms with van der Waals surface area (Å²) in [7, 11) is 0. The fraction of sp³-hybridized carbons (Fsp3) is 0.300. The molecule has 0 N–H and O–H groups in total. The second-order valence-corrected chi connectivity index (χ2v) is 4.75. The minimum Gasteiger partial charge on any atom is -0.462 e. The van der Waals surface area contributed by atoms with Crippen molar-refractivity contribution in [3.63, 3.8) is 0 Å². The van der Waals surface area contributed by atoms with Gasteiger partial charge in [-0.3, -0.25) is 0 Å². The number of carbonyl (C=O) groups is 1. The molecule has 82 valence electrons. The largest absolute Gasteiger partial charge is 0.462 e. The van der Waals surface area contributed by atoms with Crippen LogP contribution < -0.4 is 0 Å². The van der Waals surface area contributed by atoms with Crippen LogP contribution in [0.15, 0.2) is 21.1 Å². The highest BCUT2D eigenvalue weighted by molar-refractivity contribution is 9.13. The third kappa shape index (κ3) is 3.20. The minimum absolute atomic E-state index is 0.278. The first-order valence-electron chi connectivity index (χ1n) is 4.31. The summed E-state index contributed by atoms with van der Waals surface area (Å²) in [6.45, 7) is 2.13. The summed E-state index contributed by atoms with van der Waals surface area (Å²) >= 11 is 12.4. The summed E-state index contributed by atoms with van der Waals surface area (Å²) in [5, 5.41) is 0. The van der Waals surface area contributed by atoms with Gasteiger partial charge in [-0.25, -0.2) is 4.79 Å². The quantitative estimate of drug-likeness (QED) is 0.601. The lowest BCUT2D eigenvalue weighted by atomic mass is 10.1. The van der Waals surface area contributed by atoms with Gasteiger partial charge in [0.15, 0.2) is 0 Å². The van der Waals surface area contributed by atoms with Gasteiger partial charge in [-0.2, -0.15) is 0 Å². The summed E-state index contributed by atoms with van der Waals surface area (Å²) in [5.74, 6) is -0.0682. The molecule has 5 heteroatoms. The van der Waals surface area contributed by atoms with Crippen LogP contribution in [0.3, 0.4) is 0 Å². The Morgan fingerprint density at radius 3 is 2.53 bits per heavy atom. The molecule has 0 atom stereocenters. The van der Waals surface area contributed by atoms with E-state index in [0.29, 0.717) is 12.2 Å². The van der Waals surface area contributed by atoms with Crippen LogP contribution in [0, 0.1) is 0 Å². The zero-order chi connectivity index (χ0) is 11.4. The van der Waals surface area contributed by atoms with E-state index in [9.17, 15) is 4.79 Å². The lowest BCUT2D eigenvalue weighted by Gasteiger charge is -2.08. The van der Waals surface area contributed by atoms with Crippen molar-refractivity contribution in [1.29, 1.82) is 0 Å². The average Bonchev–Trinajstić information content (AvgIpc) is 2.21. The van der Waals surface area contributed by atoms with E-state index in [2.05, 4.69) is 31.9 Å². The number of benzene rings is 1. The van der Waals surface area contributed by atoms with Gasteiger partial charge in [-0.1, -0.05) is 0 Å². The van der Waals surface area contributed by atoms with Gasteiger partial charge in [0, 0.05) is 14.8 Å². The molecule has 15 heavy (non-hydrogen) atoms. The fourth-order valence-corrected chi connectivity index (χ4v) is 2.05. The normalized spacial score (nSPS) is 10.1. The maximum atomic E-state index is 11.6. The van der Waals surface area contributed by atoms with Gasteiger partial charge >= 0.3 is 5.97 Å². The molecule has 1 aromatic rings. The van der Waals surface area contributed by atoms with E-state index in [1.165, 1.54) is 0 Å². The molecule has 0 saturated heterocycles. The number of esters is 1. The first-order chi connectivity index (χ1) is 7.10. The number of hydrogen-bond acceptors (Lipinski definition) is 2. The standard InChI is InChI=1S/C10H9Br2ClO2/c1-2-15-10(14)7-4-9(12)8(11)3-6(7)5-13/h3-4H,2,5H2,1H3. The molecular weight excluding hydrogens is 347 g/mol. The molecule has 0 fully saturated rings. The van der Waals surface area contributed by atoms with Crippen LogP contribution in [0.2, 0.25) is 0 Å². The maximum Gasteiger partial charge on any atom is 0.338 e. The molecule has 0 bridgehead atoms. The third-order valence-corrected chi connectivity index (χ3v) is 3.92. The Hall–Kier alpha value is -0.0600. The van der Waals surface area contributed by atoms with Crippen LogP contribution in [0.4, 0.5) is 0 Å². The van der Waals surface area contributed by atoms with Crippen LogP contribution in [-0.4, -0.2) is 12.6 Å². The molecule has 0 spiro atoms.